The Kier molecular flexibility index (Phi) is 7.83. The highest BCUT2D eigenvalue weighted by Gasteiger charge is 2.45. The SMILES string of the molecule is CC(=O)S[C@H](C(=O)N[C@H]1Cc2ccc(-c3ccccc3)cc2[C@H]2CCC[C@@H](C(=O)O)N2C1=O)C(C)C. The Morgan fingerprint density at radius 3 is 2.42 bits per heavy atom. The standard InChI is InChI=1S/C28H32N2O5S/c1-16(2)25(36-17(3)31)26(32)29-22-15-20-13-12-19(18-8-5-4-6-9-18)14-21(20)23-10-7-11-24(28(34)35)30(23)27(22)33/h4-6,8-9,12-14,16,22-25H,7,10-11,15H2,1-3H3,(H,29,32)(H,34,35)/t22-,23+,24-,25-/m0/s1. The molecule has 0 spiro atoms. The van der Waals surface area contributed by atoms with E-state index in [-0.39, 0.29) is 35.3 Å². The molecule has 4 rings (SSSR count). The summed E-state index contributed by atoms with van der Waals surface area (Å²) in [4.78, 5) is 52.5. The predicted octanol–water partition coefficient (Wildman–Crippen LogP) is 4.21. The van der Waals surface area contributed by atoms with Gasteiger partial charge in [0, 0.05) is 13.3 Å². The van der Waals surface area contributed by atoms with Crippen LogP contribution in [-0.4, -0.2) is 50.2 Å². The number of nitrogens with one attached hydrogen (secondary N) is 1. The molecular weight excluding hydrogens is 476 g/mol. The first-order valence-corrected chi connectivity index (χ1v) is 13.3. The molecule has 0 aromatic heterocycles. The fraction of sp³-hybridized carbons (Fsp3) is 0.429. The number of thioether (sulfide) groups is 1. The lowest BCUT2D eigenvalue weighted by Gasteiger charge is -2.41. The minimum Gasteiger partial charge on any atom is -0.480 e. The largest absolute Gasteiger partial charge is 0.480 e. The van der Waals surface area contributed by atoms with Crippen molar-refractivity contribution in [1.29, 1.82) is 0 Å². The predicted molar refractivity (Wildman–Crippen MR) is 139 cm³/mol. The van der Waals surface area contributed by atoms with Crippen molar-refractivity contribution < 1.29 is 24.3 Å². The van der Waals surface area contributed by atoms with Gasteiger partial charge in [-0.05, 0) is 53.5 Å². The summed E-state index contributed by atoms with van der Waals surface area (Å²) in [6.45, 7) is 5.13. The number of piperidine rings is 1. The minimum absolute atomic E-state index is 0.116. The van der Waals surface area contributed by atoms with Crippen molar-refractivity contribution in [3.63, 3.8) is 0 Å². The molecule has 2 aromatic rings. The molecule has 2 aliphatic heterocycles. The quantitative estimate of drug-likeness (QED) is 0.606. The highest BCUT2D eigenvalue weighted by atomic mass is 32.2. The van der Waals surface area contributed by atoms with Crippen LogP contribution in [0.1, 0.15) is 57.2 Å². The molecule has 2 aliphatic rings. The third kappa shape index (κ3) is 5.33. The molecule has 8 heteroatoms. The van der Waals surface area contributed by atoms with Crippen molar-refractivity contribution in [1.82, 2.24) is 10.2 Å². The van der Waals surface area contributed by atoms with Crippen LogP contribution in [0.5, 0.6) is 0 Å². The van der Waals surface area contributed by atoms with Crippen LogP contribution in [0.15, 0.2) is 48.5 Å². The molecular formula is C28H32N2O5S. The van der Waals surface area contributed by atoms with Crippen LogP contribution >= 0.6 is 11.8 Å². The van der Waals surface area contributed by atoms with Crippen LogP contribution in [-0.2, 0) is 25.6 Å². The second-order valence-corrected chi connectivity index (χ2v) is 11.2. The number of amides is 2. The Bertz CT molecular complexity index is 1170. The van der Waals surface area contributed by atoms with E-state index in [1.54, 1.807) is 0 Å². The molecule has 0 bridgehead atoms. The van der Waals surface area contributed by atoms with Gasteiger partial charge in [-0.3, -0.25) is 14.4 Å². The van der Waals surface area contributed by atoms with Crippen LogP contribution in [0.3, 0.4) is 0 Å². The summed E-state index contributed by atoms with van der Waals surface area (Å²) in [7, 11) is 0. The number of fused-ring (bicyclic) bond motifs is 3. The zero-order chi connectivity index (χ0) is 26.0. The van der Waals surface area contributed by atoms with Crippen molar-refractivity contribution in [2.24, 2.45) is 5.92 Å². The third-order valence-corrected chi connectivity index (χ3v) is 8.32. The summed E-state index contributed by atoms with van der Waals surface area (Å²) in [5.74, 6) is -1.91. The zero-order valence-electron chi connectivity index (χ0n) is 20.8. The Balaban J connectivity index is 1.74. The van der Waals surface area contributed by atoms with Crippen molar-refractivity contribution in [2.75, 3.05) is 0 Å². The maximum absolute atomic E-state index is 13.8. The van der Waals surface area contributed by atoms with E-state index >= 15 is 0 Å². The molecule has 1 saturated heterocycles. The minimum atomic E-state index is -1.03. The van der Waals surface area contributed by atoms with Gasteiger partial charge in [-0.2, -0.15) is 0 Å². The average molecular weight is 509 g/mol. The topological polar surface area (TPSA) is 104 Å². The van der Waals surface area contributed by atoms with E-state index in [2.05, 4.69) is 11.4 Å². The summed E-state index contributed by atoms with van der Waals surface area (Å²) in [5.41, 5.74) is 3.90. The Labute approximate surface area is 215 Å². The lowest BCUT2D eigenvalue weighted by atomic mass is 9.87. The van der Waals surface area contributed by atoms with Crippen LogP contribution in [0.2, 0.25) is 0 Å². The molecule has 4 atom stereocenters. The molecule has 0 aliphatic carbocycles. The summed E-state index contributed by atoms with van der Waals surface area (Å²) >= 11 is 0.954. The molecule has 0 radical (unpaired) electrons. The van der Waals surface area contributed by atoms with Gasteiger partial charge in [0.1, 0.15) is 12.1 Å². The summed E-state index contributed by atoms with van der Waals surface area (Å²) in [5, 5.41) is 12.0. The smallest absolute Gasteiger partial charge is 0.326 e. The molecule has 7 nitrogen and oxygen atoms in total. The first-order valence-electron chi connectivity index (χ1n) is 12.4. The third-order valence-electron chi connectivity index (χ3n) is 6.97. The maximum Gasteiger partial charge on any atom is 0.326 e. The van der Waals surface area contributed by atoms with Crippen LogP contribution in [0, 0.1) is 5.92 Å². The van der Waals surface area contributed by atoms with Crippen LogP contribution < -0.4 is 5.32 Å². The number of benzene rings is 2. The van der Waals surface area contributed by atoms with E-state index in [0.717, 1.165) is 34.0 Å². The highest BCUT2D eigenvalue weighted by Crippen LogP contribution is 2.41. The monoisotopic (exact) mass is 508 g/mol. The van der Waals surface area contributed by atoms with Crippen LogP contribution in [0.25, 0.3) is 11.1 Å². The second-order valence-electron chi connectivity index (χ2n) is 9.87. The number of carboxylic acids is 1. The highest BCUT2D eigenvalue weighted by molar-refractivity contribution is 8.14. The van der Waals surface area contributed by atoms with Gasteiger partial charge in [0.2, 0.25) is 11.8 Å². The Hall–Kier alpha value is -3.13. The van der Waals surface area contributed by atoms with Crippen molar-refractivity contribution in [3.8, 4) is 11.1 Å². The second kappa shape index (κ2) is 10.9. The Morgan fingerprint density at radius 2 is 1.78 bits per heavy atom. The molecule has 0 unspecified atom stereocenters. The number of carbonyl (C=O) groups is 4. The van der Waals surface area contributed by atoms with E-state index in [4.69, 9.17) is 0 Å². The summed E-state index contributed by atoms with van der Waals surface area (Å²) in [6.07, 6.45) is 2.00. The number of carboxylic acid groups (broad SMARTS) is 1. The van der Waals surface area contributed by atoms with Crippen molar-refractivity contribution in [3.05, 3.63) is 59.7 Å². The van der Waals surface area contributed by atoms with Gasteiger partial charge in [0.05, 0.1) is 11.3 Å². The number of aliphatic carboxylic acids is 1. The maximum atomic E-state index is 13.8. The molecule has 36 heavy (non-hydrogen) atoms. The molecule has 2 N–H and O–H groups in total. The zero-order valence-corrected chi connectivity index (χ0v) is 21.6. The van der Waals surface area contributed by atoms with Crippen molar-refractivity contribution >= 4 is 34.7 Å². The lowest BCUT2D eigenvalue weighted by Crippen LogP contribution is -2.56. The van der Waals surface area contributed by atoms with Gasteiger partial charge in [-0.1, -0.05) is 68.1 Å². The average Bonchev–Trinajstić information content (AvgIpc) is 2.97. The molecule has 0 saturated carbocycles. The Morgan fingerprint density at radius 1 is 1.06 bits per heavy atom. The normalized spacial score (nSPS) is 22.3. The van der Waals surface area contributed by atoms with Gasteiger partial charge in [0.15, 0.2) is 5.12 Å². The summed E-state index contributed by atoms with van der Waals surface area (Å²) in [6, 6.07) is 13.7. The van der Waals surface area contributed by atoms with E-state index < -0.39 is 23.3 Å². The van der Waals surface area contributed by atoms with E-state index in [9.17, 15) is 24.3 Å². The number of rotatable bonds is 6. The summed E-state index contributed by atoms with van der Waals surface area (Å²) < 4.78 is 0. The molecule has 2 amide bonds. The van der Waals surface area contributed by atoms with Gasteiger partial charge in [-0.25, -0.2) is 4.79 Å². The fourth-order valence-electron chi connectivity index (χ4n) is 5.28. The first-order chi connectivity index (χ1) is 17.2. The lowest BCUT2D eigenvalue weighted by molar-refractivity contribution is -0.156. The van der Waals surface area contributed by atoms with Crippen molar-refractivity contribution in [2.45, 2.75) is 69.8 Å². The van der Waals surface area contributed by atoms with Gasteiger partial charge in [-0.15, -0.1) is 0 Å². The molecule has 1 fully saturated rings. The van der Waals surface area contributed by atoms with E-state index in [0.29, 0.717) is 19.3 Å². The first kappa shape index (κ1) is 25.9. The molecule has 2 aromatic carbocycles. The van der Waals surface area contributed by atoms with Gasteiger partial charge < -0.3 is 15.3 Å². The van der Waals surface area contributed by atoms with Gasteiger partial charge in [0.25, 0.3) is 0 Å². The number of carbonyl (C=O) groups excluding carboxylic acids is 3. The molecule has 190 valence electrons. The van der Waals surface area contributed by atoms with E-state index in [1.165, 1.54) is 11.8 Å². The number of hydrogen-bond acceptors (Lipinski definition) is 5. The molecule has 2 heterocycles. The number of hydrogen-bond donors (Lipinski definition) is 2. The fourth-order valence-corrected chi connectivity index (χ4v) is 6.09. The van der Waals surface area contributed by atoms with Crippen LogP contribution in [0.4, 0.5) is 0 Å². The van der Waals surface area contributed by atoms with Gasteiger partial charge >= 0.3 is 5.97 Å². The van der Waals surface area contributed by atoms with E-state index in [1.807, 2.05) is 56.3 Å². The number of nitrogens with zero attached hydrogens (tertiary/aromatic N) is 1.